The normalized spacial score (nSPS) is 23.2. The van der Waals surface area contributed by atoms with Crippen molar-refractivity contribution in [2.24, 2.45) is 16.4 Å². The first-order valence-electron chi connectivity index (χ1n) is 4.36. The third-order valence-corrected chi connectivity index (χ3v) is 2.61. The molecule has 0 aromatic heterocycles. The van der Waals surface area contributed by atoms with E-state index in [0.717, 1.165) is 0 Å². The van der Waals surface area contributed by atoms with Crippen molar-refractivity contribution in [3.63, 3.8) is 0 Å². The lowest BCUT2D eigenvalue weighted by Gasteiger charge is -2.28. The molecule has 0 spiro atoms. The molecule has 0 aromatic carbocycles. The second kappa shape index (κ2) is 3.78. The van der Waals surface area contributed by atoms with Crippen LogP contribution in [0.15, 0.2) is 17.0 Å². The maximum absolute atomic E-state index is 11.5. The molecule has 2 N–H and O–H groups in total. The Kier molecular flexibility index (Phi) is 3.06. The maximum Gasteiger partial charge on any atom is 0.203 e. The molecule has 1 aliphatic rings. The van der Waals surface area contributed by atoms with Gasteiger partial charge in [-0.2, -0.15) is 0 Å². The van der Waals surface area contributed by atoms with Gasteiger partial charge in [0, 0.05) is 17.7 Å². The third kappa shape index (κ3) is 2.19. The summed E-state index contributed by atoms with van der Waals surface area (Å²) in [5.74, 6) is 0. The average Bonchev–Trinajstić information content (AvgIpc) is 2.06. The molecule has 0 aromatic rings. The molecule has 0 bridgehead atoms. The SMILES string of the molecule is CSN1N=[N+]([O-])C(C(C)(C)C)=CC1N. The summed E-state index contributed by atoms with van der Waals surface area (Å²) in [5, 5.41) is 15.3. The molecule has 80 valence electrons. The first kappa shape index (κ1) is 11.3. The predicted octanol–water partition coefficient (Wildman–Crippen LogP) is 1.67. The monoisotopic (exact) mass is 216 g/mol. The molecule has 1 aliphatic heterocycles. The molecule has 1 unspecified atom stereocenters. The quantitative estimate of drug-likeness (QED) is 0.411. The summed E-state index contributed by atoms with van der Waals surface area (Å²) < 4.78 is 1.47. The van der Waals surface area contributed by atoms with Crippen LogP contribution in [0.4, 0.5) is 0 Å². The molecule has 0 saturated heterocycles. The van der Waals surface area contributed by atoms with E-state index < -0.39 is 0 Å². The molecular formula is C8H16N4OS. The highest BCUT2D eigenvalue weighted by Crippen LogP contribution is 2.30. The number of hydrogen-bond donors (Lipinski definition) is 1. The number of nitrogens with zero attached hydrogens (tertiary/aromatic N) is 3. The van der Waals surface area contributed by atoms with Crippen LogP contribution in [0.1, 0.15) is 20.8 Å². The molecule has 1 rings (SSSR count). The smallest absolute Gasteiger partial charge is 0.203 e. The van der Waals surface area contributed by atoms with Crippen LogP contribution in [0, 0.1) is 10.6 Å². The van der Waals surface area contributed by atoms with E-state index >= 15 is 0 Å². The topological polar surface area (TPSA) is 67.7 Å². The lowest BCUT2D eigenvalue weighted by molar-refractivity contribution is -0.509. The summed E-state index contributed by atoms with van der Waals surface area (Å²) in [6.45, 7) is 5.88. The molecule has 1 atom stereocenters. The molecule has 0 aliphatic carbocycles. The fraction of sp³-hybridized carbons (Fsp3) is 0.750. The van der Waals surface area contributed by atoms with Crippen LogP contribution < -0.4 is 5.73 Å². The molecule has 6 heteroatoms. The van der Waals surface area contributed by atoms with Gasteiger partial charge in [-0.15, -0.1) is 4.86 Å². The van der Waals surface area contributed by atoms with Gasteiger partial charge in [0.05, 0.1) is 11.9 Å². The summed E-state index contributed by atoms with van der Waals surface area (Å²) in [7, 11) is 0. The first-order valence-corrected chi connectivity index (χ1v) is 5.54. The third-order valence-electron chi connectivity index (χ3n) is 1.91. The van der Waals surface area contributed by atoms with Gasteiger partial charge in [0.2, 0.25) is 6.17 Å². The second-order valence-electron chi connectivity index (χ2n) is 4.14. The minimum atomic E-state index is -0.329. The number of hydrogen-bond acceptors (Lipinski definition) is 5. The van der Waals surface area contributed by atoms with Crippen LogP contribution in [0.5, 0.6) is 0 Å². The second-order valence-corrected chi connectivity index (χ2v) is 4.88. The van der Waals surface area contributed by atoms with Crippen LogP contribution in [0.2, 0.25) is 0 Å². The zero-order valence-electron chi connectivity index (χ0n) is 8.89. The van der Waals surface area contributed by atoms with Crippen LogP contribution in [0.3, 0.4) is 0 Å². The summed E-state index contributed by atoms with van der Waals surface area (Å²) in [5.41, 5.74) is 6.19. The minimum Gasteiger partial charge on any atom is -0.691 e. The summed E-state index contributed by atoms with van der Waals surface area (Å²) >= 11 is 1.33. The van der Waals surface area contributed by atoms with E-state index in [2.05, 4.69) is 5.22 Å². The van der Waals surface area contributed by atoms with E-state index in [1.54, 1.807) is 6.08 Å². The Bertz CT molecular complexity index is 282. The molecule has 0 radical (unpaired) electrons. The van der Waals surface area contributed by atoms with Crippen molar-refractivity contribution >= 4 is 11.9 Å². The fourth-order valence-corrected chi connectivity index (χ4v) is 1.62. The molecule has 0 fully saturated rings. The van der Waals surface area contributed by atoms with E-state index in [0.29, 0.717) is 10.6 Å². The van der Waals surface area contributed by atoms with Crippen molar-refractivity contribution in [3.05, 3.63) is 17.0 Å². The number of rotatable bonds is 1. The zero-order chi connectivity index (χ0) is 10.9. The Balaban J connectivity index is 2.97. The Morgan fingerprint density at radius 1 is 1.64 bits per heavy atom. The van der Waals surface area contributed by atoms with Crippen LogP contribution in [-0.2, 0) is 0 Å². The summed E-state index contributed by atoms with van der Waals surface area (Å²) in [6, 6.07) is 0. The van der Waals surface area contributed by atoms with Gasteiger partial charge in [-0.25, -0.2) is 0 Å². The number of hydroxylamine groups is 1. The van der Waals surface area contributed by atoms with E-state index in [4.69, 9.17) is 5.73 Å². The van der Waals surface area contributed by atoms with Gasteiger partial charge in [-0.05, 0) is 0 Å². The van der Waals surface area contributed by atoms with Gasteiger partial charge in [-0.1, -0.05) is 25.2 Å². The van der Waals surface area contributed by atoms with Gasteiger partial charge in [0.1, 0.15) is 10.9 Å². The van der Waals surface area contributed by atoms with Crippen molar-refractivity contribution < 1.29 is 4.86 Å². The molecule has 0 amide bonds. The summed E-state index contributed by atoms with van der Waals surface area (Å²) in [6.07, 6.45) is 3.24. The van der Waals surface area contributed by atoms with E-state index in [9.17, 15) is 5.21 Å². The largest absolute Gasteiger partial charge is 0.691 e. The predicted molar refractivity (Wildman–Crippen MR) is 56.9 cm³/mol. The van der Waals surface area contributed by atoms with Gasteiger partial charge in [-0.3, -0.25) is 5.73 Å². The highest BCUT2D eigenvalue weighted by Gasteiger charge is 2.31. The standard InChI is InChI=1S/C8H16N4OS/c1-8(2,3)6-5-7(9)12(14-4)10-11(6)13/h5,7H,9H2,1-4H3. The van der Waals surface area contributed by atoms with Gasteiger partial charge in [0.25, 0.3) is 0 Å². The molecule has 14 heavy (non-hydrogen) atoms. The molecular weight excluding hydrogens is 200 g/mol. The highest BCUT2D eigenvalue weighted by atomic mass is 32.2. The zero-order valence-corrected chi connectivity index (χ0v) is 9.71. The fourth-order valence-electron chi connectivity index (χ4n) is 1.17. The van der Waals surface area contributed by atoms with Crippen molar-refractivity contribution in [1.29, 1.82) is 0 Å². The lowest BCUT2D eigenvalue weighted by atomic mass is 9.91. The lowest BCUT2D eigenvalue weighted by Crippen LogP contribution is -2.38. The number of nitrogens with two attached hydrogens (primary N) is 1. The molecule has 0 saturated carbocycles. The maximum atomic E-state index is 11.5. The Hall–Kier alpha value is -0.750. The Labute approximate surface area is 88.3 Å². The van der Waals surface area contributed by atoms with Crippen molar-refractivity contribution in [3.8, 4) is 0 Å². The van der Waals surface area contributed by atoms with Crippen LogP contribution >= 0.6 is 11.9 Å². The first-order chi connectivity index (χ1) is 6.36. The Morgan fingerprint density at radius 2 is 2.21 bits per heavy atom. The Morgan fingerprint density at radius 3 is 2.64 bits per heavy atom. The van der Waals surface area contributed by atoms with E-state index in [1.165, 1.54) is 16.4 Å². The van der Waals surface area contributed by atoms with Crippen LogP contribution in [-0.4, -0.2) is 21.7 Å². The minimum absolute atomic E-state index is 0.229. The summed E-state index contributed by atoms with van der Waals surface area (Å²) in [4.78, 5) is 0.639. The van der Waals surface area contributed by atoms with Gasteiger partial charge >= 0.3 is 0 Å². The van der Waals surface area contributed by atoms with E-state index in [-0.39, 0.29) is 11.6 Å². The van der Waals surface area contributed by atoms with Crippen molar-refractivity contribution in [1.82, 2.24) is 4.41 Å². The number of allylic oxidation sites excluding steroid dienone is 1. The molecule has 1 heterocycles. The average molecular weight is 216 g/mol. The van der Waals surface area contributed by atoms with Gasteiger partial charge in [0.15, 0.2) is 0 Å². The van der Waals surface area contributed by atoms with Crippen molar-refractivity contribution in [2.75, 3.05) is 6.26 Å². The van der Waals surface area contributed by atoms with E-state index in [1.807, 2.05) is 27.0 Å². The van der Waals surface area contributed by atoms with Crippen molar-refractivity contribution in [2.45, 2.75) is 26.9 Å². The van der Waals surface area contributed by atoms with Crippen LogP contribution in [0.25, 0.3) is 0 Å². The van der Waals surface area contributed by atoms with Gasteiger partial charge < -0.3 is 5.21 Å². The molecule has 5 nitrogen and oxygen atoms in total. The highest BCUT2D eigenvalue weighted by molar-refractivity contribution is 7.96.